The Morgan fingerprint density at radius 1 is 1.21 bits per heavy atom. The molecule has 2 heterocycles. The topological polar surface area (TPSA) is 89.9 Å². The van der Waals surface area contributed by atoms with Crippen LogP contribution in [0, 0.1) is 20.8 Å². The quantitative estimate of drug-likeness (QED) is 0.504. The molecule has 0 aliphatic heterocycles. The van der Waals surface area contributed by atoms with Gasteiger partial charge in [-0.1, -0.05) is 6.92 Å². The number of aryl methyl sites for hydroxylation is 3. The van der Waals surface area contributed by atoms with Crippen LogP contribution in [0.25, 0.3) is 0 Å². The van der Waals surface area contributed by atoms with Gasteiger partial charge in [-0.3, -0.25) is 0 Å². The van der Waals surface area contributed by atoms with E-state index in [0.29, 0.717) is 11.0 Å². The molecule has 3 N–H and O–H groups in total. The third kappa shape index (κ3) is 2.87. The van der Waals surface area contributed by atoms with Gasteiger partial charge in [-0.05, 0) is 32.5 Å². The highest BCUT2D eigenvalue weighted by Gasteiger charge is 2.14. The summed E-state index contributed by atoms with van der Waals surface area (Å²) >= 11 is 1.38. The molecule has 0 aliphatic rings. The van der Waals surface area contributed by atoms with E-state index in [2.05, 4.69) is 20.4 Å². The molecule has 0 aromatic carbocycles. The van der Waals surface area contributed by atoms with E-state index in [-0.39, 0.29) is 0 Å². The van der Waals surface area contributed by atoms with E-state index < -0.39 is 0 Å². The number of hydrogen-bond donors (Lipinski definition) is 2. The molecule has 0 radical (unpaired) electrons. The summed E-state index contributed by atoms with van der Waals surface area (Å²) in [7, 11) is 0. The number of nitrogens with one attached hydrogen (secondary N) is 1. The second-order valence-electron chi connectivity index (χ2n) is 4.14. The maximum Gasteiger partial charge on any atom is 0.262 e. The lowest BCUT2D eigenvalue weighted by atomic mass is 10.3. The molecule has 0 fully saturated rings. The summed E-state index contributed by atoms with van der Waals surface area (Å²) < 4.78 is 5.56. The van der Waals surface area contributed by atoms with Crippen LogP contribution < -0.4 is 11.3 Å². The van der Waals surface area contributed by atoms with E-state index in [0.717, 1.165) is 34.3 Å². The molecule has 0 amide bonds. The normalized spacial score (nSPS) is 10.8. The van der Waals surface area contributed by atoms with Crippen LogP contribution in [0.1, 0.15) is 29.8 Å². The molecule has 6 nitrogen and oxygen atoms in total. The van der Waals surface area contributed by atoms with Crippen LogP contribution in [0.3, 0.4) is 0 Å². The van der Waals surface area contributed by atoms with Gasteiger partial charge in [0.25, 0.3) is 5.22 Å². The van der Waals surface area contributed by atoms with Gasteiger partial charge in [0.05, 0.1) is 5.69 Å². The highest BCUT2D eigenvalue weighted by Crippen LogP contribution is 2.31. The molecule has 0 unspecified atom stereocenters. The Hall–Kier alpha value is -1.60. The van der Waals surface area contributed by atoms with Crippen molar-refractivity contribution >= 4 is 17.6 Å². The van der Waals surface area contributed by atoms with Crippen molar-refractivity contribution < 1.29 is 4.42 Å². The molecule has 102 valence electrons. The van der Waals surface area contributed by atoms with Gasteiger partial charge in [-0.2, -0.15) is 0 Å². The Bertz CT molecular complexity index is 577. The first-order valence-electron chi connectivity index (χ1n) is 6.01. The average Bonchev–Trinajstić information content (AvgIpc) is 2.70. The van der Waals surface area contributed by atoms with Crippen LogP contribution in [-0.4, -0.2) is 15.0 Å². The Balaban J connectivity index is 2.38. The lowest BCUT2D eigenvalue weighted by Gasteiger charge is -2.09. The fraction of sp³-hybridized carbons (Fsp3) is 0.417. The molecule has 0 bridgehead atoms. The minimum absolute atomic E-state index is 0.585. The SMILES string of the molecule is CCc1nc(NN)c(C)c(Sc2nc(C)c(C)o2)n1. The number of hydrogen-bond acceptors (Lipinski definition) is 7. The lowest BCUT2D eigenvalue weighted by Crippen LogP contribution is -2.13. The van der Waals surface area contributed by atoms with Crippen LogP contribution in [-0.2, 0) is 6.42 Å². The number of anilines is 1. The zero-order valence-electron chi connectivity index (χ0n) is 11.4. The highest BCUT2D eigenvalue weighted by atomic mass is 32.2. The number of nitrogens with zero attached hydrogens (tertiary/aromatic N) is 3. The lowest BCUT2D eigenvalue weighted by molar-refractivity contribution is 0.431. The van der Waals surface area contributed by atoms with Crippen molar-refractivity contribution in [3.05, 3.63) is 22.8 Å². The fourth-order valence-electron chi connectivity index (χ4n) is 1.51. The average molecular weight is 279 g/mol. The maximum absolute atomic E-state index is 5.56. The standard InChI is InChI=1S/C12H17N5OS/c1-5-9-15-10(17-13)6(2)11(16-9)19-12-14-7(3)8(4)18-12/h5,13H2,1-4H3,(H,15,16,17). The number of oxazole rings is 1. The summed E-state index contributed by atoms with van der Waals surface area (Å²) in [5.74, 6) is 7.67. The van der Waals surface area contributed by atoms with Gasteiger partial charge in [0, 0.05) is 12.0 Å². The molecule has 19 heavy (non-hydrogen) atoms. The predicted molar refractivity (Wildman–Crippen MR) is 74.1 cm³/mol. The van der Waals surface area contributed by atoms with Gasteiger partial charge >= 0.3 is 0 Å². The molecule has 0 spiro atoms. The molecule has 7 heteroatoms. The maximum atomic E-state index is 5.56. The smallest absolute Gasteiger partial charge is 0.262 e. The van der Waals surface area contributed by atoms with Crippen LogP contribution in [0.2, 0.25) is 0 Å². The third-order valence-electron chi connectivity index (χ3n) is 2.79. The molecule has 2 aromatic heterocycles. The molecule has 0 saturated carbocycles. The Kier molecular flexibility index (Phi) is 4.06. The minimum Gasteiger partial charge on any atom is -0.436 e. The van der Waals surface area contributed by atoms with Crippen molar-refractivity contribution in [2.24, 2.45) is 5.84 Å². The van der Waals surface area contributed by atoms with Crippen molar-refractivity contribution in [3.8, 4) is 0 Å². The molecular formula is C12H17N5OS. The van der Waals surface area contributed by atoms with Crippen molar-refractivity contribution in [1.29, 1.82) is 0 Å². The van der Waals surface area contributed by atoms with Gasteiger partial charge in [-0.25, -0.2) is 20.8 Å². The van der Waals surface area contributed by atoms with E-state index in [4.69, 9.17) is 10.3 Å². The molecular weight excluding hydrogens is 262 g/mol. The number of aromatic nitrogens is 3. The van der Waals surface area contributed by atoms with Gasteiger partial charge in [0.2, 0.25) is 0 Å². The summed E-state index contributed by atoms with van der Waals surface area (Å²) in [5, 5.41) is 1.39. The first-order chi connectivity index (χ1) is 9.05. The summed E-state index contributed by atoms with van der Waals surface area (Å²) in [4.78, 5) is 13.2. The summed E-state index contributed by atoms with van der Waals surface area (Å²) in [6.45, 7) is 7.72. The van der Waals surface area contributed by atoms with Gasteiger partial charge in [0.1, 0.15) is 22.4 Å². The summed E-state index contributed by atoms with van der Waals surface area (Å²) in [6.07, 6.45) is 0.742. The molecule has 2 aromatic rings. The van der Waals surface area contributed by atoms with E-state index in [1.807, 2.05) is 27.7 Å². The van der Waals surface area contributed by atoms with Gasteiger partial charge in [0.15, 0.2) is 0 Å². The molecule has 0 atom stereocenters. The highest BCUT2D eigenvalue weighted by molar-refractivity contribution is 7.99. The number of nitrogen functional groups attached to an aromatic ring is 1. The van der Waals surface area contributed by atoms with E-state index in [1.165, 1.54) is 11.8 Å². The van der Waals surface area contributed by atoms with E-state index in [1.54, 1.807) is 0 Å². The van der Waals surface area contributed by atoms with Crippen molar-refractivity contribution in [1.82, 2.24) is 15.0 Å². The molecule has 0 aliphatic carbocycles. The van der Waals surface area contributed by atoms with Gasteiger partial charge in [-0.15, -0.1) is 0 Å². The Labute approximate surface area is 116 Å². The van der Waals surface area contributed by atoms with Crippen LogP contribution in [0.5, 0.6) is 0 Å². The van der Waals surface area contributed by atoms with Crippen LogP contribution in [0.4, 0.5) is 5.82 Å². The number of hydrazine groups is 1. The fourth-order valence-corrected chi connectivity index (χ4v) is 2.42. The zero-order valence-corrected chi connectivity index (χ0v) is 12.3. The molecule has 0 saturated heterocycles. The van der Waals surface area contributed by atoms with Gasteiger partial charge < -0.3 is 9.84 Å². The first-order valence-corrected chi connectivity index (χ1v) is 6.82. The Morgan fingerprint density at radius 3 is 2.47 bits per heavy atom. The van der Waals surface area contributed by atoms with Crippen molar-refractivity contribution in [2.75, 3.05) is 5.43 Å². The number of rotatable bonds is 4. The largest absolute Gasteiger partial charge is 0.436 e. The molecule has 2 rings (SSSR count). The van der Waals surface area contributed by atoms with Crippen molar-refractivity contribution in [3.63, 3.8) is 0 Å². The monoisotopic (exact) mass is 279 g/mol. The summed E-state index contributed by atoms with van der Waals surface area (Å²) in [5.41, 5.74) is 4.38. The van der Waals surface area contributed by atoms with E-state index in [9.17, 15) is 0 Å². The third-order valence-corrected chi connectivity index (χ3v) is 3.73. The van der Waals surface area contributed by atoms with Crippen LogP contribution in [0.15, 0.2) is 14.7 Å². The van der Waals surface area contributed by atoms with Crippen molar-refractivity contribution in [2.45, 2.75) is 44.4 Å². The second-order valence-corrected chi connectivity index (χ2v) is 5.08. The predicted octanol–water partition coefficient (Wildman–Crippen LogP) is 2.39. The minimum atomic E-state index is 0.585. The van der Waals surface area contributed by atoms with Crippen LogP contribution >= 0.6 is 11.8 Å². The zero-order chi connectivity index (χ0) is 14.0. The second kappa shape index (κ2) is 5.58. The van der Waals surface area contributed by atoms with E-state index >= 15 is 0 Å². The Morgan fingerprint density at radius 2 is 1.95 bits per heavy atom. The summed E-state index contributed by atoms with van der Waals surface area (Å²) in [6, 6.07) is 0. The first kappa shape index (κ1) is 13.8. The number of nitrogens with two attached hydrogens (primary N) is 1.